The van der Waals surface area contributed by atoms with Crippen LogP contribution >= 0.6 is 0 Å². The highest BCUT2D eigenvalue weighted by atomic mass is 16.5. The van der Waals surface area contributed by atoms with Gasteiger partial charge in [-0.25, -0.2) is 5.43 Å². The Labute approximate surface area is 189 Å². The summed E-state index contributed by atoms with van der Waals surface area (Å²) >= 11 is 0. The van der Waals surface area contributed by atoms with Crippen LogP contribution in [0.25, 0.3) is 0 Å². The van der Waals surface area contributed by atoms with E-state index in [9.17, 15) is 9.90 Å². The fourth-order valence-corrected chi connectivity index (χ4v) is 3.50. The number of allylic oxidation sites excluding steroid dienone is 2. The summed E-state index contributed by atoms with van der Waals surface area (Å²) in [6.07, 6.45) is 21.6. The second kappa shape index (κ2) is 18.7. The summed E-state index contributed by atoms with van der Waals surface area (Å²) in [6, 6.07) is 5.13. The zero-order valence-electron chi connectivity index (χ0n) is 19.8. The lowest BCUT2D eigenvalue weighted by molar-refractivity contribution is -0.122. The van der Waals surface area contributed by atoms with E-state index in [1.54, 1.807) is 18.2 Å². The molecule has 0 saturated carbocycles. The summed E-state index contributed by atoms with van der Waals surface area (Å²) in [5.74, 6) is 0.557. The van der Waals surface area contributed by atoms with Crippen LogP contribution in [0.2, 0.25) is 0 Å². The summed E-state index contributed by atoms with van der Waals surface area (Å²) in [5.41, 5.74) is 6.59. The SMILES string of the molecule is CCCCCCCC/C=C\CCCCCCCC(=O)NNCc1ccc(O)c(OC)c1. The van der Waals surface area contributed by atoms with Gasteiger partial charge in [0.15, 0.2) is 11.5 Å². The Bertz CT molecular complexity index is 617. The van der Waals surface area contributed by atoms with Gasteiger partial charge in [-0.1, -0.05) is 76.5 Å². The van der Waals surface area contributed by atoms with Crippen LogP contribution in [0.1, 0.15) is 102 Å². The van der Waals surface area contributed by atoms with Crippen molar-refractivity contribution in [3.05, 3.63) is 35.9 Å². The van der Waals surface area contributed by atoms with E-state index in [-0.39, 0.29) is 11.7 Å². The molecule has 5 nitrogen and oxygen atoms in total. The van der Waals surface area contributed by atoms with Crippen molar-refractivity contribution in [1.82, 2.24) is 10.9 Å². The van der Waals surface area contributed by atoms with Gasteiger partial charge >= 0.3 is 0 Å². The van der Waals surface area contributed by atoms with Gasteiger partial charge in [-0.05, 0) is 49.8 Å². The Morgan fingerprint density at radius 2 is 1.55 bits per heavy atom. The van der Waals surface area contributed by atoms with E-state index in [0.717, 1.165) is 18.4 Å². The van der Waals surface area contributed by atoms with Crippen LogP contribution in [0, 0.1) is 0 Å². The number of carbonyl (C=O) groups excluding carboxylic acids is 1. The Kier molecular flexibility index (Phi) is 16.3. The van der Waals surface area contributed by atoms with E-state index in [1.807, 2.05) is 0 Å². The minimum absolute atomic E-state index is 0.0170. The molecule has 5 heteroatoms. The quantitative estimate of drug-likeness (QED) is 0.131. The Balaban J connectivity index is 1.91. The molecule has 1 amide bonds. The number of phenols is 1. The number of benzene rings is 1. The van der Waals surface area contributed by atoms with Gasteiger partial charge in [0.2, 0.25) is 5.91 Å². The van der Waals surface area contributed by atoms with E-state index >= 15 is 0 Å². The largest absolute Gasteiger partial charge is 0.504 e. The smallest absolute Gasteiger partial charge is 0.234 e. The molecule has 1 rings (SSSR count). The molecule has 31 heavy (non-hydrogen) atoms. The fourth-order valence-electron chi connectivity index (χ4n) is 3.50. The molecule has 1 aromatic carbocycles. The number of amides is 1. The molecule has 0 saturated heterocycles. The molecule has 0 aliphatic rings. The van der Waals surface area contributed by atoms with Crippen LogP contribution < -0.4 is 15.6 Å². The molecule has 0 aliphatic carbocycles. The van der Waals surface area contributed by atoms with Gasteiger partial charge in [-0.2, -0.15) is 0 Å². The van der Waals surface area contributed by atoms with E-state index in [2.05, 4.69) is 29.9 Å². The molecule has 3 N–H and O–H groups in total. The first-order chi connectivity index (χ1) is 15.2. The maximum atomic E-state index is 11.9. The van der Waals surface area contributed by atoms with Crippen molar-refractivity contribution in [1.29, 1.82) is 0 Å². The maximum Gasteiger partial charge on any atom is 0.234 e. The number of ether oxygens (including phenoxy) is 1. The highest BCUT2D eigenvalue weighted by Crippen LogP contribution is 2.26. The van der Waals surface area contributed by atoms with Crippen LogP contribution in [0.3, 0.4) is 0 Å². The second-order valence-corrected chi connectivity index (χ2v) is 8.24. The van der Waals surface area contributed by atoms with Gasteiger partial charge in [0.25, 0.3) is 0 Å². The predicted molar refractivity (Wildman–Crippen MR) is 129 cm³/mol. The van der Waals surface area contributed by atoms with E-state index < -0.39 is 0 Å². The molecule has 0 aliphatic heterocycles. The van der Waals surface area contributed by atoms with Crippen molar-refractivity contribution >= 4 is 5.91 Å². The number of rotatable bonds is 19. The van der Waals surface area contributed by atoms with Crippen LogP contribution in [0.15, 0.2) is 30.4 Å². The third-order valence-electron chi connectivity index (χ3n) is 5.43. The molecule has 0 spiro atoms. The van der Waals surface area contributed by atoms with Gasteiger partial charge < -0.3 is 9.84 Å². The summed E-state index contributed by atoms with van der Waals surface area (Å²) in [7, 11) is 1.52. The monoisotopic (exact) mass is 432 g/mol. The van der Waals surface area contributed by atoms with Crippen LogP contribution in [0.5, 0.6) is 11.5 Å². The highest BCUT2D eigenvalue weighted by molar-refractivity contribution is 5.75. The third kappa shape index (κ3) is 14.6. The second-order valence-electron chi connectivity index (χ2n) is 8.24. The molecule has 0 aromatic heterocycles. The average molecular weight is 433 g/mol. The van der Waals surface area contributed by atoms with Crippen LogP contribution in [-0.2, 0) is 11.3 Å². The first-order valence-corrected chi connectivity index (χ1v) is 12.2. The van der Waals surface area contributed by atoms with E-state index in [4.69, 9.17) is 4.74 Å². The Hall–Kier alpha value is -2.01. The number of unbranched alkanes of at least 4 members (excludes halogenated alkanes) is 11. The molecule has 0 heterocycles. The normalized spacial score (nSPS) is 11.2. The third-order valence-corrected chi connectivity index (χ3v) is 5.43. The van der Waals surface area contributed by atoms with Gasteiger partial charge in [-0.3, -0.25) is 10.2 Å². The lowest BCUT2D eigenvalue weighted by Gasteiger charge is -2.09. The molecular weight excluding hydrogens is 388 g/mol. The van der Waals surface area contributed by atoms with Gasteiger partial charge in [0, 0.05) is 13.0 Å². The Morgan fingerprint density at radius 1 is 0.935 bits per heavy atom. The average Bonchev–Trinajstić information content (AvgIpc) is 2.77. The molecule has 0 fully saturated rings. The number of hydrogen-bond acceptors (Lipinski definition) is 4. The van der Waals surface area contributed by atoms with Gasteiger partial charge in [0.05, 0.1) is 7.11 Å². The molecule has 0 bridgehead atoms. The first-order valence-electron chi connectivity index (χ1n) is 12.2. The fraction of sp³-hybridized carbons (Fsp3) is 0.654. The highest BCUT2D eigenvalue weighted by Gasteiger charge is 2.04. The van der Waals surface area contributed by atoms with Crippen LogP contribution in [-0.4, -0.2) is 18.1 Å². The number of carbonyl (C=O) groups is 1. The minimum atomic E-state index is 0.0170. The van der Waals surface area contributed by atoms with Crippen molar-refractivity contribution in [2.45, 2.75) is 103 Å². The summed E-state index contributed by atoms with van der Waals surface area (Å²) < 4.78 is 5.08. The standard InChI is InChI=1S/C26H44N2O3/c1-3-4-5-6-7-8-9-10-11-12-13-14-15-16-17-18-26(30)28-27-22-23-19-20-24(29)25(21-23)31-2/h10-11,19-21,27,29H,3-9,12-18,22H2,1-2H3,(H,28,30)/b11-10-. The number of aromatic hydroxyl groups is 1. The number of methoxy groups -OCH3 is 1. The number of hydrazine groups is 1. The summed E-state index contributed by atoms with van der Waals surface area (Å²) in [4.78, 5) is 11.9. The lowest BCUT2D eigenvalue weighted by atomic mass is 10.1. The summed E-state index contributed by atoms with van der Waals surface area (Å²) in [6.45, 7) is 2.74. The van der Waals surface area contributed by atoms with Crippen molar-refractivity contribution < 1.29 is 14.6 Å². The number of hydrogen-bond donors (Lipinski definition) is 3. The van der Waals surface area contributed by atoms with Gasteiger partial charge in [0.1, 0.15) is 0 Å². The molecule has 0 atom stereocenters. The van der Waals surface area contributed by atoms with Crippen molar-refractivity contribution in [3.63, 3.8) is 0 Å². The summed E-state index contributed by atoms with van der Waals surface area (Å²) in [5, 5.41) is 9.59. The van der Waals surface area contributed by atoms with Crippen LogP contribution in [0.4, 0.5) is 0 Å². The number of nitrogens with one attached hydrogen (secondary N) is 2. The maximum absolute atomic E-state index is 11.9. The lowest BCUT2D eigenvalue weighted by Crippen LogP contribution is -2.36. The Morgan fingerprint density at radius 3 is 2.19 bits per heavy atom. The van der Waals surface area contributed by atoms with Crippen molar-refractivity contribution in [3.8, 4) is 11.5 Å². The van der Waals surface area contributed by atoms with E-state index in [1.165, 1.54) is 77.7 Å². The molecule has 0 radical (unpaired) electrons. The molecule has 1 aromatic rings. The molecule has 0 unspecified atom stereocenters. The van der Waals surface area contributed by atoms with Crippen molar-refractivity contribution in [2.75, 3.05) is 7.11 Å². The minimum Gasteiger partial charge on any atom is -0.504 e. The predicted octanol–water partition coefficient (Wildman–Crippen LogP) is 6.56. The zero-order valence-corrected chi connectivity index (χ0v) is 19.8. The number of phenolic OH excluding ortho intramolecular Hbond substituents is 1. The van der Waals surface area contributed by atoms with E-state index in [0.29, 0.717) is 18.7 Å². The molecule has 176 valence electrons. The topological polar surface area (TPSA) is 70.6 Å². The zero-order chi connectivity index (χ0) is 22.6. The van der Waals surface area contributed by atoms with Gasteiger partial charge in [-0.15, -0.1) is 0 Å². The van der Waals surface area contributed by atoms with Crippen molar-refractivity contribution in [2.24, 2.45) is 0 Å². The molecular formula is C26H44N2O3. The first kappa shape index (κ1) is 27.0.